The number of carbonyl (C=O) groups excluding carboxylic acids is 1. The highest BCUT2D eigenvalue weighted by Gasteiger charge is 2.38. The second-order valence-electron chi connectivity index (χ2n) is 8.32. The fourth-order valence-electron chi connectivity index (χ4n) is 4.89. The van der Waals surface area contributed by atoms with E-state index in [0.29, 0.717) is 11.9 Å². The summed E-state index contributed by atoms with van der Waals surface area (Å²) in [5, 5.41) is 5.15. The minimum Gasteiger partial charge on any atom is -0.381 e. The highest BCUT2D eigenvalue weighted by Crippen LogP contribution is 2.26. The van der Waals surface area contributed by atoms with Gasteiger partial charge in [-0.1, -0.05) is 11.6 Å². The van der Waals surface area contributed by atoms with Crippen molar-refractivity contribution in [3.63, 3.8) is 0 Å². The molecular formula is C20H32ClN5O2. The molecule has 28 heavy (non-hydrogen) atoms. The molecule has 0 bridgehead atoms. The number of piperidine rings is 1. The summed E-state index contributed by atoms with van der Waals surface area (Å²) in [5.41, 5.74) is 2.13. The van der Waals surface area contributed by atoms with Crippen molar-refractivity contribution in [1.29, 1.82) is 0 Å². The molecule has 156 valence electrons. The van der Waals surface area contributed by atoms with Gasteiger partial charge in [0.15, 0.2) is 0 Å². The lowest BCUT2D eigenvalue weighted by atomic mass is 9.97. The molecule has 0 unspecified atom stereocenters. The van der Waals surface area contributed by atoms with Crippen LogP contribution in [-0.2, 0) is 23.1 Å². The van der Waals surface area contributed by atoms with E-state index in [1.807, 2.05) is 14.0 Å². The zero-order chi connectivity index (χ0) is 19.7. The van der Waals surface area contributed by atoms with E-state index < -0.39 is 0 Å². The van der Waals surface area contributed by atoms with E-state index in [1.165, 1.54) is 0 Å². The third-order valence-corrected chi connectivity index (χ3v) is 7.05. The fourth-order valence-corrected chi connectivity index (χ4v) is 5.12. The van der Waals surface area contributed by atoms with Crippen LogP contribution in [0, 0.1) is 6.92 Å². The smallest absolute Gasteiger partial charge is 0.240 e. The first-order valence-corrected chi connectivity index (χ1v) is 10.9. The van der Waals surface area contributed by atoms with Crippen LogP contribution in [-0.4, -0.2) is 88.4 Å². The lowest BCUT2D eigenvalue weighted by Crippen LogP contribution is -2.59. The van der Waals surface area contributed by atoms with Gasteiger partial charge in [0.05, 0.1) is 11.7 Å². The summed E-state index contributed by atoms with van der Waals surface area (Å²) in [5.74, 6) is 0.345. The van der Waals surface area contributed by atoms with Gasteiger partial charge in [0.1, 0.15) is 5.15 Å². The third kappa shape index (κ3) is 4.08. The zero-order valence-electron chi connectivity index (χ0n) is 17.1. The predicted octanol–water partition coefficient (Wildman–Crippen LogP) is 1.67. The van der Waals surface area contributed by atoms with Crippen molar-refractivity contribution in [2.75, 3.05) is 45.9 Å². The average molecular weight is 410 g/mol. The fraction of sp³-hybridized carbons (Fsp3) is 0.800. The number of halogens is 1. The van der Waals surface area contributed by atoms with Gasteiger partial charge >= 0.3 is 0 Å². The number of amides is 1. The molecule has 3 aliphatic heterocycles. The van der Waals surface area contributed by atoms with Crippen LogP contribution in [0.25, 0.3) is 0 Å². The standard InChI is InChI=1S/C20H32ClN5O2/c1-15-17(19(21)23(2)22-15)14-24-8-10-25(11-9-24)18-4-3-7-26(20(18)27)16-5-12-28-13-6-16/h16,18H,3-14H2,1-2H3/t18-/m1/s1. The molecule has 4 heterocycles. The number of piperazine rings is 1. The van der Waals surface area contributed by atoms with Gasteiger partial charge in [-0.3, -0.25) is 19.3 Å². The summed E-state index contributed by atoms with van der Waals surface area (Å²) in [7, 11) is 1.88. The number of aromatic nitrogens is 2. The number of hydrogen-bond donors (Lipinski definition) is 0. The maximum atomic E-state index is 13.2. The molecule has 8 heteroatoms. The summed E-state index contributed by atoms with van der Waals surface area (Å²) in [6.45, 7) is 9.14. The number of ether oxygens (including phenoxy) is 1. The van der Waals surface area contributed by atoms with Crippen molar-refractivity contribution in [3.05, 3.63) is 16.4 Å². The number of carbonyl (C=O) groups is 1. The maximum absolute atomic E-state index is 13.2. The molecule has 0 N–H and O–H groups in total. The summed E-state index contributed by atoms with van der Waals surface area (Å²) in [6, 6.07) is 0.434. The summed E-state index contributed by atoms with van der Waals surface area (Å²) in [4.78, 5) is 20.2. The SMILES string of the molecule is Cc1nn(C)c(Cl)c1CN1CCN([C@@H]2CCCN(C3CCOCC3)C2=O)CC1. The molecule has 4 rings (SSSR count). The lowest BCUT2D eigenvalue weighted by Gasteiger charge is -2.45. The summed E-state index contributed by atoms with van der Waals surface area (Å²) < 4.78 is 7.22. The van der Waals surface area contributed by atoms with E-state index in [4.69, 9.17) is 16.3 Å². The Morgan fingerprint density at radius 2 is 1.82 bits per heavy atom. The second kappa shape index (κ2) is 8.69. The van der Waals surface area contributed by atoms with Crippen LogP contribution in [0.15, 0.2) is 0 Å². The van der Waals surface area contributed by atoms with Crippen molar-refractivity contribution >= 4 is 17.5 Å². The van der Waals surface area contributed by atoms with Crippen LogP contribution in [0.3, 0.4) is 0 Å². The van der Waals surface area contributed by atoms with Crippen molar-refractivity contribution in [3.8, 4) is 0 Å². The van der Waals surface area contributed by atoms with E-state index in [9.17, 15) is 4.79 Å². The van der Waals surface area contributed by atoms with Gasteiger partial charge in [0.25, 0.3) is 0 Å². The molecule has 1 aromatic heterocycles. The highest BCUT2D eigenvalue weighted by atomic mass is 35.5. The molecule has 3 saturated heterocycles. The molecule has 0 saturated carbocycles. The van der Waals surface area contributed by atoms with Crippen LogP contribution in [0.4, 0.5) is 0 Å². The highest BCUT2D eigenvalue weighted by molar-refractivity contribution is 6.30. The maximum Gasteiger partial charge on any atom is 0.240 e. The molecule has 0 spiro atoms. The van der Waals surface area contributed by atoms with Crippen molar-refractivity contribution in [1.82, 2.24) is 24.5 Å². The Hall–Kier alpha value is -1.15. The number of aryl methyl sites for hydroxylation is 2. The monoisotopic (exact) mass is 409 g/mol. The zero-order valence-corrected chi connectivity index (χ0v) is 17.8. The number of nitrogens with zero attached hydrogens (tertiary/aromatic N) is 5. The summed E-state index contributed by atoms with van der Waals surface area (Å²) >= 11 is 6.40. The molecule has 1 aromatic rings. The lowest BCUT2D eigenvalue weighted by molar-refractivity contribution is -0.145. The van der Waals surface area contributed by atoms with Crippen LogP contribution in [0.5, 0.6) is 0 Å². The quantitative estimate of drug-likeness (QED) is 0.757. The molecule has 1 amide bonds. The molecule has 0 aliphatic carbocycles. The first kappa shape index (κ1) is 20.1. The topological polar surface area (TPSA) is 53.8 Å². The molecule has 3 aliphatic rings. The average Bonchev–Trinajstić information content (AvgIpc) is 2.95. The molecular weight excluding hydrogens is 378 g/mol. The Kier molecular flexibility index (Phi) is 6.25. The molecule has 0 radical (unpaired) electrons. The first-order valence-electron chi connectivity index (χ1n) is 10.6. The van der Waals surface area contributed by atoms with Crippen molar-refractivity contribution in [2.24, 2.45) is 7.05 Å². The van der Waals surface area contributed by atoms with Crippen molar-refractivity contribution in [2.45, 2.75) is 51.2 Å². The van der Waals surface area contributed by atoms with E-state index in [-0.39, 0.29) is 6.04 Å². The summed E-state index contributed by atoms with van der Waals surface area (Å²) in [6.07, 6.45) is 4.07. The minimum absolute atomic E-state index is 0.0578. The Bertz CT molecular complexity index is 695. The van der Waals surface area contributed by atoms with Gasteiger partial charge in [-0.25, -0.2) is 0 Å². The Labute approximate surface area is 172 Å². The molecule has 0 aromatic carbocycles. The van der Waals surface area contributed by atoms with E-state index in [0.717, 1.165) is 94.6 Å². The van der Waals surface area contributed by atoms with E-state index >= 15 is 0 Å². The Morgan fingerprint density at radius 1 is 1.11 bits per heavy atom. The normalized spacial score (nSPS) is 26.2. The molecule has 1 atom stereocenters. The van der Waals surface area contributed by atoms with Crippen LogP contribution >= 0.6 is 11.6 Å². The van der Waals surface area contributed by atoms with E-state index in [2.05, 4.69) is 19.8 Å². The van der Waals surface area contributed by atoms with Crippen molar-refractivity contribution < 1.29 is 9.53 Å². The molecule has 3 fully saturated rings. The van der Waals surface area contributed by atoms with Gasteiger partial charge in [-0.2, -0.15) is 5.10 Å². The molecule has 7 nitrogen and oxygen atoms in total. The Balaban J connectivity index is 1.33. The van der Waals surface area contributed by atoms with Gasteiger partial charge in [0, 0.05) is 71.1 Å². The first-order chi connectivity index (χ1) is 13.5. The van der Waals surface area contributed by atoms with Gasteiger partial charge in [0.2, 0.25) is 5.91 Å². The van der Waals surface area contributed by atoms with Crippen LogP contribution in [0.1, 0.15) is 36.9 Å². The van der Waals surface area contributed by atoms with Gasteiger partial charge in [-0.05, 0) is 32.6 Å². The Morgan fingerprint density at radius 3 is 2.46 bits per heavy atom. The van der Waals surface area contributed by atoms with Crippen LogP contribution in [0.2, 0.25) is 5.15 Å². The number of likely N-dealkylation sites (tertiary alicyclic amines) is 1. The predicted molar refractivity (Wildman–Crippen MR) is 108 cm³/mol. The van der Waals surface area contributed by atoms with Crippen LogP contribution < -0.4 is 0 Å². The third-order valence-electron chi connectivity index (χ3n) is 6.58. The minimum atomic E-state index is 0.0578. The largest absolute Gasteiger partial charge is 0.381 e. The number of rotatable bonds is 4. The second-order valence-corrected chi connectivity index (χ2v) is 8.68. The van der Waals surface area contributed by atoms with Gasteiger partial charge < -0.3 is 9.64 Å². The van der Waals surface area contributed by atoms with E-state index in [1.54, 1.807) is 4.68 Å². The number of hydrogen-bond acceptors (Lipinski definition) is 5. The van der Waals surface area contributed by atoms with Gasteiger partial charge in [-0.15, -0.1) is 0 Å².